The van der Waals surface area contributed by atoms with Crippen molar-refractivity contribution in [2.45, 2.75) is 12.5 Å². The van der Waals surface area contributed by atoms with Crippen LogP contribution in [0.2, 0.25) is 0 Å². The van der Waals surface area contributed by atoms with Gasteiger partial charge in [-0.3, -0.25) is 9.78 Å². The lowest BCUT2D eigenvalue weighted by Crippen LogP contribution is -2.31. The number of thiophene rings is 1. The standard InChI is InChI=1S/C24H18N2O2S/c27-24(26-15-16-11-12-25-19(14-16)22-10-5-13-29-22)23-17-6-1-3-8-20(17)28-21-9-4-2-7-18(21)23/h1-14,23H,15H2,(H,26,27). The van der Waals surface area contributed by atoms with E-state index >= 15 is 0 Å². The second kappa shape index (κ2) is 7.53. The third-order valence-corrected chi connectivity index (χ3v) is 5.90. The molecule has 0 aliphatic carbocycles. The highest BCUT2D eigenvalue weighted by atomic mass is 32.1. The Labute approximate surface area is 172 Å². The van der Waals surface area contributed by atoms with E-state index in [0.29, 0.717) is 6.54 Å². The molecule has 0 radical (unpaired) electrons. The van der Waals surface area contributed by atoms with Crippen molar-refractivity contribution in [3.05, 3.63) is 101 Å². The average molecular weight is 398 g/mol. The molecule has 2 aromatic carbocycles. The predicted molar refractivity (Wildman–Crippen MR) is 114 cm³/mol. The summed E-state index contributed by atoms with van der Waals surface area (Å²) in [6, 6.07) is 23.5. The zero-order valence-electron chi connectivity index (χ0n) is 15.5. The van der Waals surface area contributed by atoms with Gasteiger partial charge in [0, 0.05) is 23.9 Å². The lowest BCUT2D eigenvalue weighted by molar-refractivity contribution is -0.122. The van der Waals surface area contributed by atoms with Crippen molar-refractivity contribution < 1.29 is 9.53 Å². The van der Waals surface area contributed by atoms with Crippen molar-refractivity contribution in [2.75, 3.05) is 0 Å². The molecule has 142 valence electrons. The summed E-state index contributed by atoms with van der Waals surface area (Å²) in [5, 5.41) is 5.14. The number of pyridine rings is 1. The number of ether oxygens (including phenoxy) is 1. The van der Waals surface area contributed by atoms with Crippen LogP contribution in [0.25, 0.3) is 10.6 Å². The number of fused-ring (bicyclic) bond motifs is 2. The number of carbonyl (C=O) groups excluding carboxylic acids is 1. The van der Waals surface area contributed by atoms with Gasteiger partial charge in [0.25, 0.3) is 0 Å². The van der Waals surface area contributed by atoms with Gasteiger partial charge in [-0.15, -0.1) is 11.3 Å². The van der Waals surface area contributed by atoms with Gasteiger partial charge < -0.3 is 10.1 Å². The summed E-state index contributed by atoms with van der Waals surface area (Å²) in [5.41, 5.74) is 3.72. The van der Waals surface area contributed by atoms with Gasteiger partial charge in [0.15, 0.2) is 0 Å². The van der Waals surface area contributed by atoms with Crippen LogP contribution >= 0.6 is 11.3 Å². The Bertz CT molecular complexity index is 1130. The Balaban J connectivity index is 1.40. The topological polar surface area (TPSA) is 51.2 Å². The number of hydrogen-bond acceptors (Lipinski definition) is 4. The molecule has 1 aliphatic heterocycles. The molecule has 4 nitrogen and oxygen atoms in total. The third kappa shape index (κ3) is 3.41. The largest absolute Gasteiger partial charge is 0.457 e. The summed E-state index contributed by atoms with van der Waals surface area (Å²) < 4.78 is 5.99. The molecule has 0 fully saturated rings. The van der Waals surface area contributed by atoms with Crippen molar-refractivity contribution in [3.63, 3.8) is 0 Å². The molecule has 1 amide bonds. The smallest absolute Gasteiger partial charge is 0.232 e. The Morgan fingerprint density at radius 1 is 0.966 bits per heavy atom. The molecule has 0 bridgehead atoms. The zero-order chi connectivity index (χ0) is 19.6. The minimum Gasteiger partial charge on any atom is -0.457 e. The first kappa shape index (κ1) is 17.6. The van der Waals surface area contributed by atoms with Crippen LogP contribution < -0.4 is 10.1 Å². The van der Waals surface area contributed by atoms with Crippen LogP contribution in [0.5, 0.6) is 11.5 Å². The third-order valence-electron chi connectivity index (χ3n) is 5.01. The number of nitrogens with one attached hydrogen (secondary N) is 1. The summed E-state index contributed by atoms with van der Waals surface area (Å²) in [5.74, 6) is 1.03. The van der Waals surface area contributed by atoms with Crippen molar-refractivity contribution in [1.82, 2.24) is 10.3 Å². The van der Waals surface area contributed by atoms with Gasteiger partial charge >= 0.3 is 0 Å². The van der Waals surface area contributed by atoms with Gasteiger partial charge in [-0.2, -0.15) is 0 Å². The molecule has 0 spiro atoms. The highest BCUT2D eigenvalue weighted by molar-refractivity contribution is 7.13. The Morgan fingerprint density at radius 2 is 1.69 bits per heavy atom. The van der Waals surface area contributed by atoms with Crippen LogP contribution in [0, 0.1) is 0 Å². The highest BCUT2D eigenvalue weighted by Crippen LogP contribution is 2.43. The Hall–Kier alpha value is -3.44. The number of amides is 1. The summed E-state index contributed by atoms with van der Waals surface area (Å²) in [4.78, 5) is 18.8. The van der Waals surface area contributed by atoms with Crippen LogP contribution in [0.4, 0.5) is 0 Å². The normalized spacial score (nSPS) is 12.6. The molecule has 1 aliphatic rings. The predicted octanol–water partition coefficient (Wildman–Crippen LogP) is 5.36. The molecule has 1 N–H and O–H groups in total. The first-order chi connectivity index (χ1) is 14.3. The van der Waals surface area contributed by atoms with E-state index < -0.39 is 5.92 Å². The molecule has 3 heterocycles. The molecule has 0 saturated heterocycles. The van der Waals surface area contributed by atoms with Crippen LogP contribution in [0.1, 0.15) is 22.6 Å². The number of nitrogens with zero attached hydrogens (tertiary/aromatic N) is 1. The van der Waals surface area contributed by atoms with E-state index in [4.69, 9.17) is 4.74 Å². The lowest BCUT2D eigenvalue weighted by atomic mass is 9.87. The molecule has 2 aromatic heterocycles. The molecule has 29 heavy (non-hydrogen) atoms. The maximum atomic E-state index is 13.2. The number of hydrogen-bond donors (Lipinski definition) is 1. The fourth-order valence-corrected chi connectivity index (χ4v) is 4.32. The second-order valence-corrected chi connectivity index (χ2v) is 7.80. The van der Waals surface area contributed by atoms with Gasteiger partial charge in [0.1, 0.15) is 11.5 Å². The van der Waals surface area contributed by atoms with Gasteiger partial charge in [-0.25, -0.2) is 0 Å². The molecule has 4 aromatic rings. The van der Waals surface area contributed by atoms with Crippen LogP contribution in [0.3, 0.4) is 0 Å². The van der Waals surface area contributed by atoms with Gasteiger partial charge in [-0.1, -0.05) is 42.5 Å². The first-order valence-corrected chi connectivity index (χ1v) is 10.3. The fourth-order valence-electron chi connectivity index (χ4n) is 3.63. The minimum absolute atomic E-state index is 0.0392. The first-order valence-electron chi connectivity index (χ1n) is 9.42. The number of aromatic nitrogens is 1. The Morgan fingerprint density at radius 3 is 2.38 bits per heavy atom. The van der Waals surface area contributed by atoms with E-state index in [9.17, 15) is 4.79 Å². The van der Waals surface area contributed by atoms with Crippen molar-refractivity contribution in [2.24, 2.45) is 0 Å². The SMILES string of the molecule is O=C(NCc1ccnc(-c2cccs2)c1)C1c2ccccc2Oc2ccccc21. The van der Waals surface area contributed by atoms with E-state index in [1.807, 2.05) is 78.2 Å². The monoisotopic (exact) mass is 398 g/mol. The van der Waals surface area contributed by atoms with E-state index in [2.05, 4.69) is 10.3 Å². The molecular weight excluding hydrogens is 380 g/mol. The second-order valence-electron chi connectivity index (χ2n) is 6.86. The fraction of sp³-hybridized carbons (Fsp3) is 0.0833. The van der Waals surface area contributed by atoms with Crippen molar-refractivity contribution >= 4 is 17.2 Å². The van der Waals surface area contributed by atoms with Gasteiger partial charge in [0.2, 0.25) is 5.91 Å². The Kier molecular flexibility index (Phi) is 4.58. The van der Waals surface area contributed by atoms with E-state index in [1.54, 1.807) is 17.5 Å². The van der Waals surface area contributed by atoms with Crippen LogP contribution in [0.15, 0.2) is 84.4 Å². The van der Waals surface area contributed by atoms with Gasteiger partial charge in [0.05, 0.1) is 16.5 Å². The quantitative estimate of drug-likeness (QED) is 0.503. The lowest BCUT2D eigenvalue weighted by Gasteiger charge is -2.27. The molecular formula is C24H18N2O2S. The molecule has 0 atom stereocenters. The summed E-state index contributed by atoms with van der Waals surface area (Å²) >= 11 is 1.65. The summed E-state index contributed by atoms with van der Waals surface area (Å²) in [7, 11) is 0. The number of para-hydroxylation sites is 2. The molecule has 0 unspecified atom stereocenters. The van der Waals surface area contributed by atoms with Gasteiger partial charge in [-0.05, 0) is 41.3 Å². The maximum Gasteiger partial charge on any atom is 0.232 e. The van der Waals surface area contributed by atoms with E-state index in [-0.39, 0.29) is 5.91 Å². The average Bonchev–Trinajstić information content (AvgIpc) is 3.31. The van der Waals surface area contributed by atoms with Crippen LogP contribution in [-0.2, 0) is 11.3 Å². The summed E-state index contributed by atoms with van der Waals surface area (Å²) in [6.45, 7) is 0.446. The zero-order valence-corrected chi connectivity index (χ0v) is 16.4. The minimum atomic E-state index is -0.394. The van der Waals surface area contributed by atoms with Crippen LogP contribution in [-0.4, -0.2) is 10.9 Å². The maximum absolute atomic E-state index is 13.2. The van der Waals surface area contributed by atoms with Crippen molar-refractivity contribution in [1.29, 1.82) is 0 Å². The summed E-state index contributed by atoms with van der Waals surface area (Å²) in [6.07, 6.45) is 1.79. The van der Waals surface area contributed by atoms with E-state index in [1.165, 1.54) is 0 Å². The number of carbonyl (C=O) groups is 1. The molecule has 5 heteroatoms. The number of rotatable bonds is 4. The van der Waals surface area contributed by atoms with Crippen molar-refractivity contribution in [3.8, 4) is 22.1 Å². The van der Waals surface area contributed by atoms with E-state index in [0.717, 1.165) is 38.8 Å². The molecule has 0 saturated carbocycles. The highest BCUT2D eigenvalue weighted by Gasteiger charge is 2.32. The number of benzene rings is 2. The molecule has 5 rings (SSSR count).